The highest BCUT2D eigenvalue weighted by atomic mass is 16.4. The molecule has 0 aromatic heterocycles. The molecule has 19 heavy (non-hydrogen) atoms. The lowest BCUT2D eigenvalue weighted by Crippen LogP contribution is -2.46. The molecule has 6 heteroatoms. The number of nitrogens with one attached hydrogen (secondary N) is 1. The van der Waals surface area contributed by atoms with Gasteiger partial charge in [0.1, 0.15) is 0 Å². The van der Waals surface area contributed by atoms with Crippen LogP contribution >= 0.6 is 0 Å². The Morgan fingerprint density at radius 1 is 1.47 bits per heavy atom. The highest BCUT2D eigenvalue weighted by Crippen LogP contribution is 2.22. The fourth-order valence-corrected chi connectivity index (χ4v) is 2.36. The summed E-state index contributed by atoms with van der Waals surface area (Å²) in [6.07, 6.45) is 1.38. The molecule has 2 unspecified atom stereocenters. The molecule has 0 aromatic rings. The number of rotatable bonds is 4. The van der Waals surface area contributed by atoms with Gasteiger partial charge in [0.2, 0.25) is 0 Å². The molecule has 1 aliphatic heterocycles. The number of amides is 2. The molecule has 110 valence electrons. The number of carbonyl (C=O) groups excluding carboxylic acids is 1. The Morgan fingerprint density at radius 2 is 2.11 bits per heavy atom. The number of carbonyl (C=O) groups is 2. The maximum atomic E-state index is 12.0. The van der Waals surface area contributed by atoms with Crippen LogP contribution in [0.2, 0.25) is 0 Å². The van der Waals surface area contributed by atoms with Gasteiger partial charge in [-0.2, -0.15) is 0 Å². The zero-order chi connectivity index (χ0) is 14.6. The molecule has 0 aromatic carbocycles. The fourth-order valence-electron chi connectivity index (χ4n) is 2.36. The summed E-state index contributed by atoms with van der Waals surface area (Å²) < 4.78 is 0. The van der Waals surface area contributed by atoms with Gasteiger partial charge in [0, 0.05) is 25.2 Å². The van der Waals surface area contributed by atoms with Crippen molar-refractivity contribution in [1.29, 1.82) is 0 Å². The Morgan fingerprint density at radius 3 is 2.53 bits per heavy atom. The monoisotopic (exact) mass is 271 g/mol. The predicted octanol–water partition coefficient (Wildman–Crippen LogP) is 1.01. The van der Waals surface area contributed by atoms with E-state index in [1.54, 1.807) is 4.90 Å². The smallest absolute Gasteiger partial charge is 0.317 e. The van der Waals surface area contributed by atoms with Crippen LogP contribution < -0.4 is 11.1 Å². The zero-order valence-electron chi connectivity index (χ0n) is 12.0. The van der Waals surface area contributed by atoms with Crippen molar-refractivity contribution >= 4 is 12.0 Å². The Kier molecular flexibility index (Phi) is 5.17. The third-order valence-corrected chi connectivity index (χ3v) is 3.12. The topological polar surface area (TPSA) is 95.7 Å². The molecule has 0 aliphatic carbocycles. The number of nitrogens with two attached hydrogens (primary N) is 1. The van der Waals surface area contributed by atoms with Crippen LogP contribution in [0.25, 0.3) is 0 Å². The molecule has 0 spiro atoms. The van der Waals surface area contributed by atoms with E-state index in [1.165, 1.54) is 0 Å². The van der Waals surface area contributed by atoms with E-state index in [4.69, 9.17) is 10.8 Å². The average molecular weight is 271 g/mol. The Labute approximate surface area is 114 Å². The van der Waals surface area contributed by atoms with Crippen molar-refractivity contribution in [2.75, 3.05) is 13.1 Å². The van der Waals surface area contributed by atoms with E-state index in [0.29, 0.717) is 19.5 Å². The highest BCUT2D eigenvalue weighted by molar-refractivity contribution is 5.76. The molecule has 0 saturated carbocycles. The van der Waals surface area contributed by atoms with Crippen molar-refractivity contribution in [3.05, 3.63) is 0 Å². The minimum absolute atomic E-state index is 0.0329. The number of urea groups is 1. The van der Waals surface area contributed by atoms with Crippen molar-refractivity contribution in [3.63, 3.8) is 0 Å². The van der Waals surface area contributed by atoms with Gasteiger partial charge < -0.3 is 21.1 Å². The quantitative estimate of drug-likeness (QED) is 0.711. The van der Waals surface area contributed by atoms with Gasteiger partial charge in [0.25, 0.3) is 0 Å². The van der Waals surface area contributed by atoms with Gasteiger partial charge in [-0.05, 0) is 18.3 Å². The van der Waals surface area contributed by atoms with Crippen LogP contribution in [0.3, 0.4) is 0 Å². The summed E-state index contributed by atoms with van der Waals surface area (Å²) in [5.74, 6) is -0.896. The normalized spacial score (nSPS) is 21.3. The summed E-state index contributed by atoms with van der Waals surface area (Å²) in [7, 11) is 0. The summed E-state index contributed by atoms with van der Waals surface area (Å²) in [5, 5.41) is 11.7. The van der Waals surface area contributed by atoms with Crippen molar-refractivity contribution in [3.8, 4) is 0 Å². The van der Waals surface area contributed by atoms with E-state index in [-0.39, 0.29) is 30.0 Å². The van der Waals surface area contributed by atoms with Crippen LogP contribution in [-0.2, 0) is 4.79 Å². The van der Waals surface area contributed by atoms with Crippen molar-refractivity contribution in [2.24, 2.45) is 11.1 Å². The number of carboxylic acids is 1. The fraction of sp³-hybridized carbons (Fsp3) is 0.846. The molecule has 2 atom stereocenters. The molecule has 2 amide bonds. The van der Waals surface area contributed by atoms with E-state index in [1.807, 2.05) is 20.8 Å². The summed E-state index contributed by atoms with van der Waals surface area (Å²) in [6.45, 7) is 7.27. The van der Waals surface area contributed by atoms with Crippen LogP contribution in [0.1, 0.15) is 40.0 Å². The molecule has 4 N–H and O–H groups in total. The first-order valence-electron chi connectivity index (χ1n) is 6.70. The Hall–Kier alpha value is -1.30. The Balaban J connectivity index is 2.56. The van der Waals surface area contributed by atoms with Crippen LogP contribution in [0.15, 0.2) is 0 Å². The predicted molar refractivity (Wildman–Crippen MR) is 72.8 cm³/mol. The molecular weight excluding hydrogens is 246 g/mol. The second-order valence-corrected chi connectivity index (χ2v) is 6.50. The third-order valence-electron chi connectivity index (χ3n) is 3.12. The van der Waals surface area contributed by atoms with Crippen molar-refractivity contribution in [1.82, 2.24) is 10.2 Å². The maximum Gasteiger partial charge on any atom is 0.317 e. The third kappa shape index (κ3) is 5.92. The Bertz CT molecular complexity index is 339. The second-order valence-electron chi connectivity index (χ2n) is 6.50. The van der Waals surface area contributed by atoms with Gasteiger partial charge >= 0.3 is 12.0 Å². The van der Waals surface area contributed by atoms with Gasteiger partial charge in [-0.1, -0.05) is 20.8 Å². The zero-order valence-corrected chi connectivity index (χ0v) is 12.0. The van der Waals surface area contributed by atoms with Gasteiger partial charge in [-0.15, -0.1) is 0 Å². The largest absolute Gasteiger partial charge is 0.481 e. The number of hydrogen-bond donors (Lipinski definition) is 3. The van der Waals surface area contributed by atoms with Crippen LogP contribution in [-0.4, -0.2) is 47.2 Å². The lowest BCUT2D eigenvalue weighted by molar-refractivity contribution is -0.137. The number of likely N-dealkylation sites (tertiary alicyclic amines) is 1. The first kappa shape index (κ1) is 15.8. The molecule has 1 heterocycles. The number of hydrogen-bond acceptors (Lipinski definition) is 3. The summed E-state index contributed by atoms with van der Waals surface area (Å²) in [6, 6.07) is -0.517. The van der Waals surface area contributed by atoms with E-state index in [0.717, 1.165) is 6.42 Å². The lowest BCUT2D eigenvalue weighted by atomic mass is 9.87. The molecule has 1 aliphatic rings. The standard InChI is InChI=1S/C13H25N3O3/c1-13(2,3)7-10(6-11(17)18)15-12(19)16-5-4-9(14)8-16/h9-10H,4-8,14H2,1-3H3,(H,15,19)(H,17,18). The minimum Gasteiger partial charge on any atom is -0.481 e. The number of aliphatic carboxylic acids is 1. The van der Waals surface area contributed by atoms with E-state index >= 15 is 0 Å². The van der Waals surface area contributed by atoms with Gasteiger partial charge in [0.05, 0.1) is 6.42 Å². The molecule has 1 fully saturated rings. The summed E-state index contributed by atoms with van der Waals surface area (Å²) in [4.78, 5) is 24.6. The summed E-state index contributed by atoms with van der Waals surface area (Å²) in [5.41, 5.74) is 5.73. The van der Waals surface area contributed by atoms with Crippen molar-refractivity contribution < 1.29 is 14.7 Å². The van der Waals surface area contributed by atoms with E-state index < -0.39 is 5.97 Å². The highest BCUT2D eigenvalue weighted by Gasteiger charge is 2.27. The summed E-state index contributed by atoms with van der Waals surface area (Å²) >= 11 is 0. The molecular formula is C13H25N3O3. The molecule has 1 saturated heterocycles. The minimum atomic E-state index is -0.896. The SMILES string of the molecule is CC(C)(C)CC(CC(=O)O)NC(=O)N1CCC(N)C1. The molecule has 0 bridgehead atoms. The number of nitrogens with zero attached hydrogens (tertiary/aromatic N) is 1. The van der Waals surface area contributed by atoms with Gasteiger partial charge in [0.15, 0.2) is 0 Å². The van der Waals surface area contributed by atoms with Gasteiger partial charge in [-0.3, -0.25) is 4.79 Å². The number of carboxylic acid groups (broad SMARTS) is 1. The molecule has 6 nitrogen and oxygen atoms in total. The first-order valence-corrected chi connectivity index (χ1v) is 6.70. The molecule has 1 rings (SSSR count). The van der Waals surface area contributed by atoms with Crippen molar-refractivity contribution in [2.45, 2.75) is 52.1 Å². The van der Waals surface area contributed by atoms with Crippen LogP contribution in [0, 0.1) is 5.41 Å². The first-order chi connectivity index (χ1) is 8.67. The van der Waals surface area contributed by atoms with Gasteiger partial charge in [-0.25, -0.2) is 4.79 Å². The second kappa shape index (κ2) is 6.23. The van der Waals surface area contributed by atoms with Crippen LogP contribution in [0.4, 0.5) is 4.79 Å². The van der Waals surface area contributed by atoms with E-state index in [2.05, 4.69) is 5.32 Å². The maximum absolute atomic E-state index is 12.0. The van der Waals surface area contributed by atoms with E-state index in [9.17, 15) is 9.59 Å². The lowest BCUT2D eigenvalue weighted by Gasteiger charge is -2.27. The average Bonchev–Trinajstić information content (AvgIpc) is 2.60. The van der Waals surface area contributed by atoms with Crippen LogP contribution in [0.5, 0.6) is 0 Å². The molecule has 0 radical (unpaired) electrons.